The molecule has 1 unspecified atom stereocenters. The van der Waals surface area contributed by atoms with Crippen molar-refractivity contribution in [3.05, 3.63) is 66.1 Å². The van der Waals surface area contributed by atoms with Gasteiger partial charge in [0.1, 0.15) is 0 Å². The van der Waals surface area contributed by atoms with Gasteiger partial charge in [0.15, 0.2) is 0 Å². The lowest BCUT2D eigenvalue weighted by Gasteiger charge is -2.23. The molecule has 1 saturated carbocycles. The maximum absolute atomic E-state index is 13.7. The SMILES string of the molecule is NC(CNC(=O)C=C(c1cccnc1)C1(C(F)(F)F)CC1)Cc1ccc2[nH]ncc2c1. The first-order valence-corrected chi connectivity index (χ1v) is 9.93. The summed E-state index contributed by atoms with van der Waals surface area (Å²) in [5.41, 5.74) is 6.29. The lowest BCUT2D eigenvalue weighted by atomic mass is 9.89. The number of H-pyrrole nitrogens is 1. The number of aromatic nitrogens is 3. The van der Waals surface area contributed by atoms with Gasteiger partial charge >= 0.3 is 6.18 Å². The summed E-state index contributed by atoms with van der Waals surface area (Å²) in [6.45, 7) is 0.137. The molecule has 0 aliphatic heterocycles. The minimum absolute atomic E-state index is 0.0412. The first-order valence-electron chi connectivity index (χ1n) is 9.93. The molecule has 0 spiro atoms. The Morgan fingerprint density at radius 2 is 2.10 bits per heavy atom. The summed E-state index contributed by atoms with van der Waals surface area (Å²) in [7, 11) is 0. The summed E-state index contributed by atoms with van der Waals surface area (Å²) in [5, 5.41) is 10.4. The number of pyridine rings is 1. The number of carbonyl (C=O) groups is 1. The highest BCUT2D eigenvalue weighted by Gasteiger charge is 2.65. The Morgan fingerprint density at radius 1 is 1.29 bits per heavy atom. The number of hydrogen-bond acceptors (Lipinski definition) is 4. The van der Waals surface area contributed by atoms with E-state index in [0.29, 0.717) is 12.0 Å². The molecule has 31 heavy (non-hydrogen) atoms. The van der Waals surface area contributed by atoms with Crippen LogP contribution in [0, 0.1) is 5.41 Å². The molecular formula is C22H22F3N5O. The number of hydrogen-bond donors (Lipinski definition) is 3. The number of benzene rings is 1. The normalized spacial score (nSPS) is 16.8. The molecule has 4 rings (SSSR count). The van der Waals surface area contributed by atoms with E-state index in [9.17, 15) is 18.0 Å². The average molecular weight is 429 g/mol. The van der Waals surface area contributed by atoms with Crippen LogP contribution in [0.15, 0.2) is 55.0 Å². The Bertz CT molecular complexity index is 1100. The molecule has 0 saturated heterocycles. The maximum Gasteiger partial charge on any atom is 0.398 e. The Hall–Kier alpha value is -3.20. The number of amides is 1. The van der Waals surface area contributed by atoms with Gasteiger partial charge in [-0.2, -0.15) is 18.3 Å². The number of nitrogens with zero attached hydrogens (tertiary/aromatic N) is 2. The Morgan fingerprint density at radius 3 is 2.77 bits per heavy atom. The quantitative estimate of drug-likeness (QED) is 0.502. The number of rotatable bonds is 7. The van der Waals surface area contributed by atoms with E-state index in [1.807, 2.05) is 18.2 Å². The Labute approximate surface area is 176 Å². The van der Waals surface area contributed by atoms with Crippen molar-refractivity contribution in [3.63, 3.8) is 0 Å². The standard InChI is InChI=1S/C22H22F3N5O/c23-22(24,25)21(5-6-21)18(15-2-1-7-27-11-15)10-20(31)28-13-17(26)9-14-3-4-19-16(8-14)12-29-30-19/h1-4,7-8,10-12,17H,5-6,9,13,26H2,(H,28,31)(H,29,30). The first kappa shape index (κ1) is 21.0. The monoisotopic (exact) mass is 429 g/mol. The van der Waals surface area contributed by atoms with Crippen LogP contribution >= 0.6 is 0 Å². The highest BCUT2D eigenvalue weighted by molar-refractivity contribution is 5.97. The zero-order valence-corrected chi connectivity index (χ0v) is 16.6. The second-order valence-electron chi connectivity index (χ2n) is 7.88. The van der Waals surface area contributed by atoms with Crippen molar-refractivity contribution in [2.24, 2.45) is 11.1 Å². The molecule has 1 aliphatic rings. The van der Waals surface area contributed by atoms with Gasteiger partial charge in [-0.3, -0.25) is 14.9 Å². The lowest BCUT2D eigenvalue weighted by molar-refractivity contribution is -0.168. The van der Waals surface area contributed by atoms with Crippen molar-refractivity contribution in [2.75, 3.05) is 6.54 Å². The summed E-state index contributed by atoms with van der Waals surface area (Å²) in [6.07, 6.45) is 1.58. The van der Waals surface area contributed by atoms with E-state index in [0.717, 1.165) is 22.5 Å². The highest BCUT2D eigenvalue weighted by atomic mass is 19.4. The fourth-order valence-electron chi connectivity index (χ4n) is 3.76. The molecule has 3 aromatic rings. The van der Waals surface area contributed by atoms with Crippen LogP contribution in [-0.2, 0) is 11.2 Å². The fraction of sp³-hybridized carbons (Fsp3) is 0.318. The van der Waals surface area contributed by atoms with Gasteiger partial charge in [0, 0.05) is 36.4 Å². The van der Waals surface area contributed by atoms with E-state index in [-0.39, 0.29) is 31.0 Å². The van der Waals surface area contributed by atoms with Crippen molar-refractivity contribution in [1.29, 1.82) is 0 Å². The number of allylic oxidation sites excluding steroid dienone is 1. The Kier molecular flexibility index (Phi) is 5.53. The Balaban J connectivity index is 1.44. The van der Waals surface area contributed by atoms with Crippen LogP contribution in [0.4, 0.5) is 13.2 Å². The minimum atomic E-state index is -4.43. The molecule has 2 heterocycles. The molecule has 0 radical (unpaired) electrons. The molecule has 2 aromatic heterocycles. The predicted octanol–water partition coefficient (Wildman–Crippen LogP) is 3.37. The first-order chi connectivity index (χ1) is 14.8. The van der Waals surface area contributed by atoms with Gasteiger partial charge in [-0.15, -0.1) is 0 Å². The van der Waals surface area contributed by atoms with Crippen LogP contribution in [0.1, 0.15) is 24.0 Å². The van der Waals surface area contributed by atoms with E-state index in [1.165, 1.54) is 18.5 Å². The topological polar surface area (TPSA) is 96.7 Å². The maximum atomic E-state index is 13.7. The van der Waals surface area contributed by atoms with Crippen molar-refractivity contribution >= 4 is 22.4 Å². The predicted molar refractivity (Wildman–Crippen MR) is 111 cm³/mol. The van der Waals surface area contributed by atoms with Crippen LogP contribution in [0.5, 0.6) is 0 Å². The van der Waals surface area contributed by atoms with Gasteiger partial charge in [0.2, 0.25) is 5.91 Å². The molecule has 1 atom stereocenters. The number of fused-ring (bicyclic) bond motifs is 1. The number of nitrogens with one attached hydrogen (secondary N) is 2. The van der Waals surface area contributed by atoms with E-state index in [1.54, 1.807) is 12.3 Å². The van der Waals surface area contributed by atoms with E-state index >= 15 is 0 Å². The zero-order valence-electron chi connectivity index (χ0n) is 16.6. The van der Waals surface area contributed by atoms with E-state index in [2.05, 4.69) is 20.5 Å². The van der Waals surface area contributed by atoms with Crippen LogP contribution in [0.3, 0.4) is 0 Å². The number of aromatic amines is 1. The van der Waals surface area contributed by atoms with Crippen molar-refractivity contribution in [2.45, 2.75) is 31.5 Å². The van der Waals surface area contributed by atoms with Crippen LogP contribution in [0.2, 0.25) is 0 Å². The molecule has 1 amide bonds. The third-order valence-corrected chi connectivity index (χ3v) is 5.60. The average Bonchev–Trinajstić information content (AvgIpc) is 3.43. The summed E-state index contributed by atoms with van der Waals surface area (Å²) in [4.78, 5) is 16.4. The van der Waals surface area contributed by atoms with Crippen molar-refractivity contribution in [3.8, 4) is 0 Å². The second kappa shape index (κ2) is 8.14. The number of alkyl halides is 3. The smallest absolute Gasteiger partial charge is 0.351 e. The molecule has 1 aliphatic carbocycles. The van der Waals surface area contributed by atoms with E-state index < -0.39 is 17.5 Å². The number of carbonyl (C=O) groups excluding carboxylic acids is 1. The molecular weight excluding hydrogens is 407 g/mol. The van der Waals surface area contributed by atoms with Crippen molar-refractivity contribution < 1.29 is 18.0 Å². The summed E-state index contributed by atoms with van der Waals surface area (Å²) < 4.78 is 41.1. The van der Waals surface area contributed by atoms with Gasteiger partial charge in [-0.05, 0) is 54.2 Å². The molecule has 1 fully saturated rings. The number of halogens is 3. The largest absolute Gasteiger partial charge is 0.398 e. The van der Waals surface area contributed by atoms with Gasteiger partial charge in [-0.25, -0.2) is 0 Å². The third kappa shape index (κ3) is 4.46. The van der Waals surface area contributed by atoms with Crippen LogP contribution in [0.25, 0.3) is 16.5 Å². The summed E-state index contributed by atoms with van der Waals surface area (Å²) in [5.74, 6) is -0.602. The van der Waals surface area contributed by atoms with Crippen LogP contribution < -0.4 is 11.1 Å². The second-order valence-corrected chi connectivity index (χ2v) is 7.88. The van der Waals surface area contributed by atoms with Crippen LogP contribution in [-0.4, -0.2) is 39.9 Å². The third-order valence-electron chi connectivity index (χ3n) is 5.60. The van der Waals surface area contributed by atoms with Crippen molar-refractivity contribution in [1.82, 2.24) is 20.5 Å². The molecule has 6 nitrogen and oxygen atoms in total. The molecule has 0 bridgehead atoms. The minimum Gasteiger partial charge on any atom is -0.351 e. The lowest BCUT2D eigenvalue weighted by Crippen LogP contribution is -2.38. The zero-order chi connectivity index (χ0) is 22.1. The number of nitrogens with two attached hydrogens (primary N) is 1. The molecule has 162 valence electrons. The van der Waals surface area contributed by atoms with Gasteiger partial charge in [-0.1, -0.05) is 12.1 Å². The van der Waals surface area contributed by atoms with Gasteiger partial charge < -0.3 is 11.1 Å². The fourth-order valence-corrected chi connectivity index (χ4v) is 3.76. The summed E-state index contributed by atoms with van der Waals surface area (Å²) in [6, 6.07) is 8.49. The molecule has 4 N–H and O–H groups in total. The highest BCUT2D eigenvalue weighted by Crippen LogP contribution is 2.64. The van der Waals surface area contributed by atoms with Gasteiger partial charge in [0.25, 0.3) is 0 Å². The molecule has 9 heteroatoms. The summed E-state index contributed by atoms with van der Waals surface area (Å²) >= 11 is 0. The van der Waals surface area contributed by atoms with Gasteiger partial charge in [0.05, 0.1) is 17.1 Å². The molecule has 1 aromatic carbocycles. The van der Waals surface area contributed by atoms with E-state index in [4.69, 9.17) is 5.73 Å².